The van der Waals surface area contributed by atoms with Crippen molar-refractivity contribution in [2.45, 2.75) is 32.0 Å². The molecule has 0 amide bonds. The predicted molar refractivity (Wildman–Crippen MR) is 97.4 cm³/mol. The normalized spacial score (nSPS) is 18.0. The molecule has 1 aromatic carbocycles. The molecule has 0 saturated carbocycles. The molecule has 3 rings (SSSR count). The van der Waals surface area contributed by atoms with Crippen LogP contribution in [0.5, 0.6) is 5.75 Å². The molecule has 1 aliphatic rings. The molecule has 0 radical (unpaired) electrons. The zero-order valence-electron chi connectivity index (χ0n) is 14.0. The van der Waals surface area contributed by atoms with Gasteiger partial charge in [0.15, 0.2) is 0 Å². The van der Waals surface area contributed by atoms with E-state index in [1.54, 1.807) is 6.20 Å². The van der Waals surface area contributed by atoms with E-state index in [1.165, 1.54) is 19.4 Å². The van der Waals surface area contributed by atoms with Gasteiger partial charge in [-0.15, -0.1) is 0 Å². The molecule has 1 atom stereocenters. The number of hydrogen-bond acceptors (Lipinski definition) is 4. The third-order valence-corrected chi connectivity index (χ3v) is 4.74. The molecule has 2 heterocycles. The number of likely N-dealkylation sites (tertiary alicyclic amines) is 1. The summed E-state index contributed by atoms with van der Waals surface area (Å²) in [5, 5.41) is 4.28. The Morgan fingerprint density at radius 1 is 1.38 bits per heavy atom. The van der Waals surface area contributed by atoms with Gasteiger partial charge in [-0.2, -0.15) is 0 Å². The Hall–Kier alpha value is -1.62. The van der Waals surface area contributed by atoms with Crippen LogP contribution in [0.3, 0.4) is 0 Å². The van der Waals surface area contributed by atoms with Crippen molar-refractivity contribution < 1.29 is 4.74 Å². The van der Waals surface area contributed by atoms with Gasteiger partial charge >= 0.3 is 0 Å². The summed E-state index contributed by atoms with van der Waals surface area (Å²) >= 11 is 6.16. The van der Waals surface area contributed by atoms with Gasteiger partial charge in [0.25, 0.3) is 0 Å². The van der Waals surface area contributed by atoms with Crippen LogP contribution in [0.25, 0.3) is 0 Å². The Kier molecular flexibility index (Phi) is 6.07. The highest BCUT2D eigenvalue weighted by Crippen LogP contribution is 2.24. The van der Waals surface area contributed by atoms with Crippen molar-refractivity contribution in [3.63, 3.8) is 0 Å². The molecular weight excluding hydrogens is 322 g/mol. The van der Waals surface area contributed by atoms with Gasteiger partial charge in [0, 0.05) is 47.7 Å². The second-order valence-corrected chi connectivity index (χ2v) is 6.75. The summed E-state index contributed by atoms with van der Waals surface area (Å²) in [5.74, 6) is 0.871. The summed E-state index contributed by atoms with van der Waals surface area (Å²) in [4.78, 5) is 6.54. The number of halogens is 1. The molecule has 24 heavy (non-hydrogen) atoms. The van der Waals surface area contributed by atoms with Crippen LogP contribution >= 0.6 is 11.6 Å². The van der Waals surface area contributed by atoms with Crippen molar-refractivity contribution in [2.24, 2.45) is 0 Å². The van der Waals surface area contributed by atoms with E-state index in [2.05, 4.69) is 22.2 Å². The van der Waals surface area contributed by atoms with E-state index in [9.17, 15) is 0 Å². The quantitative estimate of drug-likeness (QED) is 0.833. The van der Waals surface area contributed by atoms with E-state index in [0.29, 0.717) is 12.6 Å². The lowest BCUT2D eigenvalue weighted by Gasteiger charge is -2.20. The molecule has 0 aliphatic carbocycles. The Balaban J connectivity index is 1.58. The number of likely N-dealkylation sites (N-methyl/N-ethyl adjacent to an activating group) is 1. The van der Waals surface area contributed by atoms with Crippen LogP contribution in [-0.2, 0) is 13.2 Å². The van der Waals surface area contributed by atoms with Crippen molar-refractivity contribution in [2.75, 3.05) is 20.1 Å². The summed E-state index contributed by atoms with van der Waals surface area (Å²) in [6, 6.07) is 10.3. The lowest BCUT2D eigenvalue weighted by Crippen LogP contribution is -2.35. The predicted octanol–water partition coefficient (Wildman–Crippen LogP) is 3.50. The second kappa shape index (κ2) is 8.47. The largest absolute Gasteiger partial charge is 0.489 e. The minimum absolute atomic E-state index is 0.508. The monoisotopic (exact) mass is 345 g/mol. The number of pyridine rings is 1. The fourth-order valence-electron chi connectivity index (χ4n) is 3.08. The first-order valence-corrected chi connectivity index (χ1v) is 8.81. The lowest BCUT2D eigenvalue weighted by molar-refractivity contribution is 0.293. The zero-order chi connectivity index (χ0) is 16.8. The topological polar surface area (TPSA) is 37.4 Å². The van der Waals surface area contributed by atoms with Crippen molar-refractivity contribution in [3.8, 4) is 5.75 Å². The lowest BCUT2D eigenvalue weighted by atomic mass is 10.1. The van der Waals surface area contributed by atoms with Crippen LogP contribution < -0.4 is 10.1 Å². The SMILES string of the molecule is CN1CCCC1CNCc1cc(Cl)ccc1OCc1cccnc1. The maximum absolute atomic E-state index is 6.16. The fraction of sp³-hybridized carbons (Fsp3) is 0.421. The van der Waals surface area contributed by atoms with Gasteiger partial charge in [0.1, 0.15) is 12.4 Å². The highest BCUT2D eigenvalue weighted by atomic mass is 35.5. The molecule has 128 valence electrons. The zero-order valence-corrected chi connectivity index (χ0v) is 14.8. The first kappa shape index (κ1) is 17.2. The summed E-state index contributed by atoms with van der Waals surface area (Å²) in [6.45, 7) is 3.45. The van der Waals surface area contributed by atoms with Gasteiger partial charge in [-0.25, -0.2) is 0 Å². The Bertz CT molecular complexity index is 650. The van der Waals surface area contributed by atoms with Crippen LogP contribution in [0.4, 0.5) is 0 Å². The molecule has 2 aromatic rings. The summed E-state index contributed by atoms with van der Waals surface area (Å²) in [5.41, 5.74) is 2.14. The first-order chi connectivity index (χ1) is 11.7. The molecule has 4 nitrogen and oxygen atoms in total. The number of ether oxygens (including phenoxy) is 1. The first-order valence-electron chi connectivity index (χ1n) is 8.43. The maximum Gasteiger partial charge on any atom is 0.124 e. The average molecular weight is 346 g/mol. The number of benzene rings is 1. The van der Waals surface area contributed by atoms with E-state index in [-0.39, 0.29) is 0 Å². The van der Waals surface area contributed by atoms with E-state index in [1.807, 2.05) is 36.5 Å². The Morgan fingerprint density at radius 3 is 3.04 bits per heavy atom. The molecule has 1 N–H and O–H groups in total. The van der Waals surface area contributed by atoms with E-state index in [0.717, 1.165) is 35.0 Å². The number of hydrogen-bond donors (Lipinski definition) is 1. The molecule has 0 spiro atoms. The van der Waals surface area contributed by atoms with Crippen LogP contribution in [-0.4, -0.2) is 36.1 Å². The summed E-state index contributed by atoms with van der Waals surface area (Å²) in [7, 11) is 2.20. The fourth-order valence-corrected chi connectivity index (χ4v) is 3.28. The third kappa shape index (κ3) is 4.69. The van der Waals surface area contributed by atoms with Gasteiger partial charge in [-0.1, -0.05) is 17.7 Å². The van der Waals surface area contributed by atoms with Crippen LogP contribution in [0.2, 0.25) is 5.02 Å². The van der Waals surface area contributed by atoms with Crippen LogP contribution in [0.15, 0.2) is 42.7 Å². The Morgan fingerprint density at radius 2 is 2.29 bits per heavy atom. The van der Waals surface area contributed by atoms with Crippen molar-refractivity contribution in [3.05, 3.63) is 58.9 Å². The number of aromatic nitrogens is 1. The number of nitrogens with zero attached hydrogens (tertiary/aromatic N) is 2. The number of rotatable bonds is 7. The molecule has 1 saturated heterocycles. The smallest absolute Gasteiger partial charge is 0.124 e. The highest BCUT2D eigenvalue weighted by molar-refractivity contribution is 6.30. The minimum atomic E-state index is 0.508. The van der Waals surface area contributed by atoms with Crippen molar-refractivity contribution >= 4 is 11.6 Å². The average Bonchev–Trinajstić information content (AvgIpc) is 3.00. The molecule has 1 fully saturated rings. The standard InChI is InChI=1S/C19H24ClN3O/c1-23-9-3-5-18(23)13-22-12-16-10-17(20)6-7-19(16)24-14-15-4-2-8-21-11-15/h2,4,6-8,10-11,18,22H,3,5,9,12-14H2,1H3. The second-order valence-electron chi connectivity index (χ2n) is 6.31. The van der Waals surface area contributed by atoms with E-state index >= 15 is 0 Å². The van der Waals surface area contributed by atoms with Crippen LogP contribution in [0.1, 0.15) is 24.0 Å². The van der Waals surface area contributed by atoms with Gasteiger partial charge in [-0.3, -0.25) is 4.98 Å². The van der Waals surface area contributed by atoms with E-state index in [4.69, 9.17) is 16.3 Å². The number of nitrogens with one attached hydrogen (secondary N) is 1. The van der Waals surface area contributed by atoms with Gasteiger partial charge in [-0.05, 0) is 50.7 Å². The van der Waals surface area contributed by atoms with Gasteiger partial charge in [0.2, 0.25) is 0 Å². The molecular formula is C19H24ClN3O. The van der Waals surface area contributed by atoms with Gasteiger partial charge < -0.3 is 15.0 Å². The van der Waals surface area contributed by atoms with Crippen LogP contribution in [0, 0.1) is 0 Å². The molecule has 0 bridgehead atoms. The van der Waals surface area contributed by atoms with E-state index < -0.39 is 0 Å². The highest BCUT2D eigenvalue weighted by Gasteiger charge is 2.20. The molecule has 1 aromatic heterocycles. The van der Waals surface area contributed by atoms with Crippen molar-refractivity contribution in [1.29, 1.82) is 0 Å². The van der Waals surface area contributed by atoms with Gasteiger partial charge in [0.05, 0.1) is 0 Å². The van der Waals surface area contributed by atoms with Crippen molar-refractivity contribution in [1.82, 2.24) is 15.2 Å². The summed E-state index contributed by atoms with van der Waals surface area (Å²) < 4.78 is 5.97. The Labute approximate surface area is 148 Å². The summed E-state index contributed by atoms with van der Waals surface area (Å²) in [6.07, 6.45) is 6.15. The molecule has 5 heteroatoms. The third-order valence-electron chi connectivity index (χ3n) is 4.51. The minimum Gasteiger partial charge on any atom is -0.489 e. The molecule has 1 unspecified atom stereocenters. The molecule has 1 aliphatic heterocycles. The maximum atomic E-state index is 6.16.